The van der Waals surface area contributed by atoms with Crippen molar-refractivity contribution in [2.75, 3.05) is 12.3 Å². The molecule has 2 rings (SSSR count). The first-order chi connectivity index (χ1) is 11.0. The molecule has 0 radical (unpaired) electrons. The molecule has 2 aromatic rings. The zero-order valence-electron chi connectivity index (χ0n) is 13.6. The van der Waals surface area contributed by atoms with Crippen LogP contribution >= 0.6 is 11.8 Å². The first kappa shape index (κ1) is 17.3. The Kier molecular flexibility index (Phi) is 5.98. The minimum absolute atomic E-state index is 0.0614. The summed E-state index contributed by atoms with van der Waals surface area (Å²) in [5.74, 6) is 0.792. The highest BCUT2D eigenvalue weighted by molar-refractivity contribution is 7.99. The van der Waals surface area contributed by atoms with Crippen molar-refractivity contribution in [3.63, 3.8) is 0 Å². The Morgan fingerprint density at radius 2 is 2.04 bits per heavy atom. The van der Waals surface area contributed by atoms with Crippen LogP contribution in [0.5, 0.6) is 0 Å². The van der Waals surface area contributed by atoms with Gasteiger partial charge in [0.1, 0.15) is 0 Å². The number of nitrogens with one attached hydrogen (secondary N) is 1. The molecule has 0 saturated carbocycles. The van der Waals surface area contributed by atoms with E-state index in [1.807, 2.05) is 31.2 Å². The van der Waals surface area contributed by atoms with Gasteiger partial charge in [-0.25, -0.2) is 4.98 Å². The maximum Gasteiger partial charge on any atom is 0.256 e. The Hall–Kier alpha value is -2.08. The molecule has 6 heteroatoms. The highest BCUT2D eigenvalue weighted by Crippen LogP contribution is 2.21. The minimum atomic E-state index is -0.119. The number of aryl methyl sites for hydroxylation is 1. The van der Waals surface area contributed by atoms with Gasteiger partial charge in [-0.05, 0) is 31.7 Å². The van der Waals surface area contributed by atoms with Gasteiger partial charge < -0.3 is 5.32 Å². The van der Waals surface area contributed by atoms with Gasteiger partial charge in [-0.3, -0.25) is 14.2 Å². The van der Waals surface area contributed by atoms with Crippen molar-refractivity contribution in [1.29, 1.82) is 0 Å². The van der Waals surface area contributed by atoms with E-state index in [4.69, 9.17) is 0 Å². The summed E-state index contributed by atoms with van der Waals surface area (Å²) in [6.07, 6.45) is 1.53. The maximum absolute atomic E-state index is 12.3. The van der Waals surface area contributed by atoms with Crippen molar-refractivity contribution in [1.82, 2.24) is 14.9 Å². The molecule has 0 aliphatic heterocycles. The Morgan fingerprint density at radius 1 is 1.30 bits per heavy atom. The Morgan fingerprint density at radius 3 is 2.78 bits per heavy atom. The molecule has 0 saturated heterocycles. The molecule has 23 heavy (non-hydrogen) atoms. The molecule has 0 bridgehead atoms. The second-order valence-corrected chi connectivity index (χ2v) is 6.44. The van der Waals surface area contributed by atoms with Gasteiger partial charge in [-0.2, -0.15) is 0 Å². The molecule has 1 aromatic heterocycles. The van der Waals surface area contributed by atoms with E-state index in [1.165, 1.54) is 10.9 Å². The fourth-order valence-corrected chi connectivity index (χ4v) is 2.96. The average Bonchev–Trinajstić information content (AvgIpc) is 2.55. The molecule has 1 aromatic carbocycles. The molecule has 122 valence electrons. The maximum atomic E-state index is 12.3. The lowest BCUT2D eigenvalue weighted by Crippen LogP contribution is -2.32. The standard InChI is InChI=1S/C17H21N3O2S/c1-4-23-15-8-6-5-7-14(15)16(21)18-9-10-20-11-19-13(3)12(2)17(20)22/h5-8,11H,4,9-10H2,1-3H3,(H,18,21). The summed E-state index contributed by atoms with van der Waals surface area (Å²) >= 11 is 1.64. The number of thioether (sulfide) groups is 1. The molecule has 0 aliphatic rings. The predicted molar refractivity (Wildman–Crippen MR) is 93.1 cm³/mol. The van der Waals surface area contributed by atoms with Crippen LogP contribution in [0.4, 0.5) is 0 Å². The lowest BCUT2D eigenvalue weighted by molar-refractivity contribution is 0.0949. The van der Waals surface area contributed by atoms with Crippen LogP contribution in [-0.4, -0.2) is 27.8 Å². The van der Waals surface area contributed by atoms with Gasteiger partial charge in [0.25, 0.3) is 11.5 Å². The normalized spacial score (nSPS) is 10.6. The van der Waals surface area contributed by atoms with Crippen LogP contribution in [0.1, 0.15) is 28.5 Å². The SMILES string of the molecule is CCSc1ccccc1C(=O)NCCn1cnc(C)c(C)c1=O. The molecular formula is C17H21N3O2S. The molecule has 0 unspecified atom stereocenters. The van der Waals surface area contributed by atoms with Gasteiger partial charge >= 0.3 is 0 Å². The number of benzene rings is 1. The van der Waals surface area contributed by atoms with Crippen molar-refractivity contribution in [3.8, 4) is 0 Å². The summed E-state index contributed by atoms with van der Waals surface area (Å²) in [7, 11) is 0. The van der Waals surface area contributed by atoms with Gasteiger partial charge in [-0.1, -0.05) is 19.1 Å². The van der Waals surface area contributed by atoms with E-state index < -0.39 is 0 Å². The summed E-state index contributed by atoms with van der Waals surface area (Å²) in [6.45, 7) is 6.41. The third kappa shape index (κ3) is 4.22. The quantitative estimate of drug-likeness (QED) is 0.826. The number of rotatable bonds is 6. The predicted octanol–water partition coefficient (Wildman–Crippen LogP) is 2.40. The molecule has 0 atom stereocenters. The first-order valence-electron chi connectivity index (χ1n) is 7.57. The summed E-state index contributed by atoms with van der Waals surface area (Å²) in [5.41, 5.74) is 1.99. The molecular weight excluding hydrogens is 310 g/mol. The smallest absolute Gasteiger partial charge is 0.256 e. The Labute approximate surface area is 140 Å². The highest BCUT2D eigenvalue weighted by Gasteiger charge is 2.10. The summed E-state index contributed by atoms with van der Waals surface area (Å²) in [6, 6.07) is 7.54. The number of hydrogen-bond donors (Lipinski definition) is 1. The summed E-state index contributed by atoms with van der Waals surface area (Å²) in [5, 5.41) is 2.87. The van der Waals surface area contributed by atoms with Crippen LogP contribution in [0, 0.1) is 13.8 Å². The van der Waals surface area contributed by atoms with Gasteiger partial charge in [-0.15, -0.1) is 11.8 Å². The van der Waals surface area contributed by atoms with Crippen molar-refractivity contribution in [3.05, 3.63) is 57.8 Å². The van der Waals surface area contributed by atoms with Crippen LogP contribution in [0.3, 0.4) is 0 Å². The van der Waals surface area contributed by atoms with Crippen LogP contribution in [0.2, 0.25) is 0 Å². The lowest BCUT2D eigenvalue weighted by Gasteiger charge is -2.11. The Balaban J connectivity index is 2.01. The molecule has 1 heterocycles. The number of hydrogen-bond acceptors (Lipinski definition) is 4. The second kappa shape index (κ2) is 7.97. The number of carbonyl (C=O) groups excluding carboxylic acids is 1. The van der Waals surface area contributed by atoms with Gasteiger partial charge in [0.2, 0.25) is 0 Å². The largest absolute Gasteiger partial charge is 0.350 e. The Bertz CT molecular complexity index is 756. The van der Waals surface area contributed by atoms with E-state index in [0.717, 1.165) is 16.3 Å². The third-order valence-electron chi connectivity index (χ3n) is 3.58. The second-order valence-electron chi connectivity index (χ2n) is 5.14. The van der Waals surface area contributed by atoms with Crippen molar-refractivity contribution >= 4 is 17.7 Å². The molecule has 5 nitrogen and oxygen atoms in total. The van der Waals surface area contributed by atoms with Crippen LogP contribution in [-0.2, 0) is 6.54 Å². The van der Waals surface area contributed by atoms with Crippen molar-refractivity contribution in [2.24, 2.45) is 0 Å². The number of carbonyl (C=O) groups is 1. The van der Waals surface area contributed by atoms with Crippen LogP contribution in [0.15, 0.2) is 40.3 Å². The number of aromatic nitrogens is 2. The number of nitrogens with zero attached hydrogens (tertiary/aromatic N) is 2. The fraction of sp³-hybridized carbons (Fsp3) is 0.353. The number of amides is 1. The first-order valence-corrected chi connectivity index (χ1v) is 8.55. The zero-order chi connectivity index (χ0) is 16.8. The van der Waals surface area contributed by atoms with E-state index in [1.54, 1.807) is 18.7 Å². The van der Waals surface area contributed by atoms with E-state index in [-0.39, 0.29) is 11.5 Å². The minimum Gasteiger partial charge on any atom is -0.350 e. The van der Waals surface area contributed by atoms with Crippen molar-refractivity contribution < 1.29 is 4.79 Å². The zero-order valence-corrected chi connectivity index (χ0v) is 14.4. The summed E-state index contributed by atoms with van der Waals surface area (Å²) in [4.78, 5) is 29.5. The van der Waals surface area contributed by atoms with Gasteiger partial charge in [0.15, 0.2) is 0 Å². The van der Waals surface area contributed by atoms with E-state index >= 15 is 0 Å². The third-order valence-corrected chi connectivity index (χ3v) is 4.54. The molecule has 0 spiro atoms. The van der Waals surface area contributed by atoms with E-state index in [9.17, 15) is 9.59 Å². The monoisotopic (exact) mass is 331 g/mol. The molecule has 1 amide bonds. The highest BCUT2D eigenvalue weighted by atomic mass is 32.2. The average molecular weight is 331 g/mol. The van der Waals surface area contributed by atoms with Crippen LogP contribution < -0.4 is 10.9 Å². The molecule has 0 fully saturated rings. The molecule has 0 aliphatic carbocycles. The topological polar surface area (TPSA) is 64.0 Å². The van der Waals surface area contributed by atoms with Crippen LogP contribution in [0.25, 0.3) is 0 Å². The molecule has 1 N–H and O–H groups in total. The van der Waals surface area contributed by atoms with Crippen molar-refractivity contribution in [2.45, 2.75) is 32.2 Å². The van der Waals surface area contributed by atoms with E-state index in [0.29, 0.717) is 24.2 Å². The van der Waals surface area contributed by atoms with Gasteiger partial charge in [0, 0.05) is 29.2 Å². The van der Waals surface area contributed by atoms with Gasteiger partial charge in [0.05, 0.1) is 11.9 Å². The fourth-order valence-electron chi connectivity index (χ4n) is 2.16. The lowest BCUT2D eigenvalue weighted by atomic mass is 10.2. The van der Waals surface area contributed by atoms with E-state index in [2.05, 4.69) is 17.2 Å². The summed E-state index contributed by atoms with van der Waals surface area (Å²) < 4.78 is 1.52.